The normalized spacial score (nSPS) is 11.1. The molecule has 1 aromatic heterocycles. The number of ether oxygens (including phenoxy) is 2. The van der Waals surface area contributed by atoms with Crippen molar-refractivity contribution in [3.05, 3.63) is 54.4 Å². The summed E-state index contributed by atoms with van der Waals surface area (Å²) in [7, 11) is 3.30. The van der Waals surface area contributed by atoms with Crippen molar-refractivity contribution < 1.29 is 14.3 Å². The number of hydrogen-bond donors (Lipinski definition) is 2. The molecule has 32 heavy (non-hydrogen) atoms. The van der Waals surface area contributed by atoms with E-state index in [-0.39, 0.29) is 12.5 Å². The van der Waals surface area contributed by atoms with Crippen molar-refractivity contribution in [2.75, 3.05) is 57.7 Å². The predicted octanol–water partition coefficient (Wildman–Crippen LogP) is 3.47. The Morgan fingerprint density at radius 3 is 2.50 bits per heavy atom. The Balaban J connectivity index is 1.74. The number of anilines is 3. The van der Waals surface area contributed by atoms with E-state index in [4.69, 9.17) is 9.47 Å². The van der Waals surface area contributed by atoms with E-state index in [1.807, 2.05) is 35.2 Å². The zero-order valence-corrected chi connectivity index (χ0v) is 18.9. The van der Waals surface area contributed by atoms with Crippen LogP contribution < -0.4 is 10.6 Å². The molecule has 0 aliphatic carbocycles. The molecule has 0 unspecified atom stereocenters. The smallest absolute Gasteiger partial charge is 0.238 e. The molecule has 1 heterocycles. The first-order valence-electron chi connectivity index (χ1n) is 10.7. The lowest BCUT2D eigenvalue weighted by Gasteiger charge is -2.21. The monoisotopic (exact) mass is 437 g/mol. The standard InChI is InChI=1S/C24H31N5O3/c1-4-18-6-5-7-19(14-18)28-24-21-15-20(8-9-22(21)25-17-26-24)27-23(30)16-29(10-12-31-2)11-13-32-3/h5-9,14-15,17H,4,10-13,16H2,1-3H3,(H,27,30)(H,25,26,28). The first kappa shape index (κ1) is 23.6. The van der Waals surface area contributed by atoms with Crippen molar-refractivity contribution in [3.8, 4) is 0 Å². The van der Waals surface area contributed by atoms with Gasteiger partial charge in [-0.3, -0.25) is 9.69 Å². The van der Waals surface area contributed by atoms with Crippen molar-refractivity contribution >= 4 is 34.0 Å². The minimum atomic E-state index is -0.0986. The average Bonchev–Trinajstić information content (AvgIpc) is 2.81. The Hall–Kier alpha value is -3.07. The maximum Gasteiger partial charge on any atom is 0.238 e. The number of fused-ring (bicyclic) bond motifs is 1. The molecule has 3 rings (SSSR count). The number of aryl methyl sites for hydroxylation is 1. The van der Waals surface area contributed by atoms with Crippen LogP contribution in [0.5, 0.6) is 0 Å². The fraction of sp³-hybridized carbons (Fsp3) is 0.375. The fourth-order valence-corrected chi connectivity index (χ4v) is 3.35. The molecule has 0 fully saturated rings. The SMILES string of the molecule is CCc1cccc(Nc2ncnc3ccc(NC(=O)CN(CCOC)CCOC)cc23)c1. The third kappa shape index (κ3) is 6.71. The summed E-state index contributed by atoms with van der Waals surface area (Å²) >= 11 is 0. The van der Waals surface area contributed by atoms with Gasteiger partial charge in [0, 0.05) is 44.1 Å². The molecule has 8 nitrogen and oxygen atoms in total. The molecule has 8 heteroatoms. The van der Waals surface area contributed by atoms with E-state index in [2.05, 4.69) is 39.7 Å². The highest BCUT2D eigenvalue weighted by Crippen LogP contribution is 2.26. The number of aromatic nitrogens is 2. The van der Waals surface area contributed by atoms with E-state index < -0.39 is 0 Å². The second-order valence-electron chi connectivity index (χ2n) is 7.44. The van der Waals surface area contributed by atoms with Gasteiger partial charge in [-0.05, 0) is 42.3 Å². The van der Waals surface area contributed by atoms with Gasteiger partial charge in [-0.25, -0.2) is 9.97 Å². The van der Waals surface area contributed by atoms with Crippen LogP contribution in [-0.4, -0.2) is 67.8 Å². The minimum Gasteiger partial charge on any atom is -0.383 e. The van der Waals surface area contributed by atoms with Crippen LogP contribution in [0.4, 0.5) is 17.2 Å². The Labute approximate surface area is 189 Å². The molecule has 170 valence electrons. The average molecular weight is 438 g/mol. The van der Waals surface area contributed by atoms with E-state index in [1.165, 1.54) is 11.9 Å². The molecule has 0 aliphatic heterocycles. The van der Waals surface area contributed by atoms with Gasteiger partial charge in [0.25, 0.3) is 0 Å². The van der Waals surface area contributed by atoms with Gasteiger partial charge in [0.05, 0.1) is 25.3 Å². The lowest BCUT2D eigenvalue weighted by atomic mass is 10.1. The molecule has 0 saturated carbocycles. The lowest BCUT2D eigenvalue weighted by molar-refractivity contribution is -0.117. The molecule has 0 aliphatic rings. The van der Waals surface area contributed by atoms with Crippen LogP contribution in [0.25, 0.3) is 10.9 Å². The maximum atomic E-state index is 12.7. The first-order chi connectivity index (χ1) is 15.6. The molecule has 0 bridgehead atoms. The van der Waals surface area contributed by atoms with Crippen LogP contribution in [0.1, 0.15) is 12.5 Å². The molecule has 3 aromatic rings. The van der Waals surface area contributed by atoms with Crippen molar-refractivity contribution in [2.24, 2.45) is 0 Å². The van der Waals surface area contributed by atoms with Gasteiger partial charge in [0.1, 0.15) is 12.1 Å². The molecule has 0 atom stereocenters. The summed E-state index contributed by atoms with van der Waals surface area (Å²) in [5.74, 6) is 0.597. The molecule has 1 amide bonds. The number of hydrogen-bond acceptors (Lipinski definition) is 7. The van der Waals surface area contributed by atoms with Crippen LogP contribution in [0.3, 0.4) is 0 Å². The van der Waals surface area contributed by atoms with Crippen molar-refractivity contribution in [1.29, 1.82) is 0 Å². The van der Waals surface area contributed by atoms with Gasteiger partial charge >= 0.3 is 0 Å². The summed E-state index contributed by atoms with van der Waals surface area (Å²) in [5, 5.41) is 7.20. The quantitative estimate of drug-likeness (QED) is 0.448. The highest BCUT2D eigenvalue weighted by molar-refractivity contribution is 5.97. The summed E-state index contributed by atoms with van der Waals surface area (Å²) in [6, 6.07) is 13.9. The van der Waals surface area contributed by atoms with E-state index >= 15 is 0 Å². The maximum absolute atomic E-state index is 12.7. The van der Waals surface area contributed by atoms with Gasteiger partial charge in [-0.15, -0.1) is 0 Å². The Morgan fingerprint density at radius 1 is 1.00 bits per heavy atom. The summed E-state index contributed by atoms with van der Waals surface area (Å²) in [5.41, 5.74) is 3.70. The molecule has 0 radical (unpaired) electrons. The minimum absolute atomic E-state index is 0.0986. The number of nitrogens with zero attached hydrogens (tertiary/aromatic N) is 3. The Morgan fingerprint density at radius 2 is 1.78 bits per heavy atom. The van der Waals surface area contributed by atoms with E-state index in [0.717, 1.165) is 23.0 Å². The number of nitrogens with one attached hydrogen (secondary N) is 2. The zero-order chi connectivity index (χ0) is 22.8. The van der Waals surface area contributed by atoms with Crippen LogP contribution in [0.15, 0.2) is 48.8 Å². The number of rotatable bonds is 12. The van der Waals surface area contributed by atoms with E-state index in [0.29, 0.717) is 37.8 Å². The zero-order valence-electron chi connectivity index (χ0n) is 18.9. The van der Waals surface area contributed by atoms with Gasteiger partial charge in [0.2, 0.25) is 5.91 Å². The van der Waals surface area contributed by atoms with Crippen molar-refractivity contribution in [1.82, 2.24) is 14.9 Å². The number of methoxy groups -OCH3 is 2. The van der Waals surface area contributed by atoms with Crippen molar-refractivity contribution in [3.63, 3.8) is 0 Å². The molecule has 0 spiro atoms. The summed E-state index contributed by atoms with van der Waals surface area (Å²) in [4.78, 5) is 23.4. The Bertz CT molecular complexity index is 1020. The molecular formula is C24H31N5O3. The number of carbonyl (C=O) groups is 1. The third-order valence-electron chi connectivity index (χ3n) is 5.11. The van der Waals surface area contributed by atoms with Gasteiger partial charge in [-0.1, -0.05) is 19.1 Å². The predicted molar refractivity (Wildman–Crippen MR) is 127 cm³/mol. The summed E-state index contributed by atoms with van der Waals surface area (Å²) in [6.45, 7) is 4.80. The lowest BCUT2D eigenvalue weighted by Crippen LogP contribution is -2.37. The van der Waals surface area contributed by atoms with Gasteiger partial charge in [-0.2, -0.15) is 0 Å². The fourth-order valence-electron chi connectivity index (χ4n) is 3.35. The van der Waals surface area contributed by atoms with Crippen LogP contribution in [0.2, 0.25) is 0 Å². The van der Waals surface area contributed by atoms with E-state index in [9.17, 15) is 4.79 Å². The van der Waals surface area contributed by atoms with Crippen molar-refractivity contribution in [2.45, 2.75) is 13.3 Å². The first-order valence-corrected chi connectivity index (χ1v) is 10.7. The summed E-state index contributed by atoms with van der Waals surface area (Å²) in [6.07, 6.45) is 2.50. The molecular weight excluding hydrogens is 406 g/mol. The van der Waals surface area contributed by atoms with Crippen LogP contribution in [-0.2, 0) is 20.7 Å². The third-order valence-corrected chi connectivity index (χ3v) is 5.11. The highest BCUT2D eigenvalue weighted by atomic mass is 16.5. The highest BCUT2D eigenvalue weighted by Gasteiger charge is 2.12. The largest absolute Gasteiger partial charge is 0.383 e. The number of amides is 1. The van der Waals surface area contributed by atoms with E-state index in [1.54, 1.807) is 14.2 Å². The Kier molecular flexibility index (Phi) is 8.91. The molecule has 2 aromatic carbocycles. The van der Waals surface area contributed by atoms with Gasteiger partial charge < -0.3 is 20.1 Å². The number of benzene rings is 2. The number of carbonyl (C=O) groups excluding carboxylic acids is 1. The van der Waals surface area contributed by atoms with Crippen LogP contribution in [0, 0.1) is 0 Å². The summed E-state index contributed by atoms with van der Waals surface area (Å²) < 4.78 is 10.3. The van der Waals surface area contributed by atoms with Gasteiger partial charge in [0.15, 0.2) is 0 Å². The van der Waals surface area contributed by atoms with Crippen LogP contribution >= 0.6 is 0 Å². The second kappa shape index (κ2) is 12.1. The second-order valence-corrected chi connectivity index (χ2v) is 7.44. The molecule has 0 saturated heterocycles. The molecule has 2 N–H and O–H groups in total. The topological polar surface area (TPSA) is 88.6 Å².